The van der Waals surface area contributed by atoms with Crippen LogP contribution in [0.3, 0.4) is 0 Å². The van der Waals surface area contributed by atoms with E-state index in [-0.39, 0.29) is 11.9 Å². The summed E-state index contributed by atoms with van der Waals surface area (Å²) in [6.45, 7) is 3.77. The summed E-state index contributed by atoms with van der Waals surface area (Å²) in [6.07, 6.45) is 9.66. The number of aromatic nitrogens is 2. The first-order valence-corrected chi connectivity index (χ1v) is 10.5. The van der Waals surface area contributed by atoms with E-state index in [4.69, 9.17) is 0 Å². The van der Waals surface area contributed by atoms with Crippen LogP contribution in [0, 0.1) is 0 Å². The number of hydrogen-bond acceptors (Lipinski definition) is 4. The number of hydrogen-bond donors (Lipinski definition) is 1. The minimum absolute atomic E-state index is 0.00697. The van der Waals surface area contributed by atoms with Gasteiger partial charge in [0.2, 0.25) is 15.9 Å². The smallest absolute Gasteiger partial charge is 0.221 e. The lowest BCUT2D eigenvalue weighted by Gasteiger charge is -2.33. The number of aryl methyl sites for hydroxylation is 2. The van der Waals surface area contributed by atoms with Crippen molar-refractivity contribution in [3.05, 3.63) is 18.2 Å². The van der Waals surface area contributed by atoms with Crippen LogP contribution in [0.5, 0.6) is 0 Å². The number of nitrogens with zero attached hydrogens (tertiary/aromatic N) is 3. The van der Waals surface area contributed by atoms with Crippen LogP contribution in [0.15, 0.2) is 12.4 Å². The van der Waals surface area contributed by atoms with Crippen molar-refractivity contribution >= 4 is 15.9 Å². The molecule has 2 heterocycles. The van der Waals surface area contributed by atoms with Gasteiger partial charge in [0.1, 0.15) is 5.82 Å². The van der Waals surface area contributed by atoms with Crippen LogP contribution in [0.2, 0.25) is 0 Å². The van der Waals surface area contributed by atoms with E-state index in [0.29, 0.717) is 32.5 Å². The van der Waals surface area contributed by atoms with Gasteiger partial charge in [-0.25, -0.2) is 13.4 Å². The zero-order valence-corrected chi connectivity index (χ0v) is 15.4. The highest BCUT2D eigenvalue weighted by molar-refractivity contribution is 7.88. The van der Waals surface area contributed by atoms with Gasteiger partial charge in [0.15, 0.2) is 0 Å². The Balaban J connectivity index is 1.73. The van der Waals surface area contributed by atoms with Gasteiger partial charge in [0.25, 0.3) is 0 Å². The summed E-state index contributed by atoms with van der Waals surface area (Å²) in [7, 11) is -3.16. The second kappa shape index (κ2) is 8.62. The molecule has 1 aliphatic rings. The summed E-state index contributed by atoms with van der Waals surface area (Å²) in [5, 5.41) is 2.91. The minimum atomic E-state index is -3.16. The second-order valence-corrected chi connectivity index (χ2v) is 8.24. The molecule has 1 amide bonds. The lowest BCUT2D eigenvalue weighted by molar-refractivity contribution is -0.121. The third kappa shape index (κ3) is 5.31. The third-order valence-electron chi connectivity index (χ3n) is 4.50. The van der Waals surface area contributed by atoms with Gasteiger partial charge in [0, 0.05) is 50.9 Å². The summed E-state index contributed by atoms with van der Waals surface area (Å²) in [5.41, 5.74) is 0. The molecule has 8 heteroatoms. The van der Waals surface area contributed by atoms with Crippen molar-refractivity contribution in [2.24, 2.45) is 0 Å². The molecular formula is C16H28N4O3S. The molecule has 1 aromatic rings. The monoisotopic (exact) mass is 356 g/mol. The molecule has 0 bridgehead atoms. The van der Waals surface area contributed by atoms with Crippen LogP contribution >= 0.6 is 0 Å². The van der Waals surface area contributed by atoms with E-state index in [1.165, 1.54) is 6.26 Å². The van der Waals surface area contributed by atoms with Crippen molar-refractivity contribution in [1.29, 1.82) is 0 Å². The molecule has 1 fully saturated rings. The van der Waals surface area contributed by atoms with E-state index in [9.17, 15) is 13.2 Å². The first-order chi connectivity index (χ1) is 11.4. The van der Waals surface area contributed by atoms with Gasteiger partial charge in [-0.05, 0) is 19.3 Å². The Labute approximate surface area is 144 Å². The third-order valence-corrected chi connectivity index (χ3v) is 5.83. The van der Waals surface area contributed by atoms with Crippen molar-refractivity contribution < 1.29 is 13.2 Å². The second-order valence-electron chi connectivity index (χ2n) is 6.30. The Kier molecular flexibility index (Phi) is 6.79. The number of piperidine rings is 1. The van der Waals surface area contributed by atoms with E-state index in [1.54, 1.807) is 10.5 Å². The molecule has 0 unspecified atom stereocenters. The molecule has 0 radical (unpaired) electrons. The molecule has 1 N–H and O–H groups in total. The number of rotatable bonds is 8. The molecule has 2 rings (SSSR count). The molecule has 1 aromatic heterocycles. The fourth-order valence-electron chi connectivity index (χ4n) is 3.25. The first-order valence-electron chi connectivity index (χ1n) is 8.65. The Morgan fingerprint density at radius 2 is 2.21 bits per heavy atom. The van der Waals surface area contributed by atoms with Crippen LogP contribution < -0.4 is 5.32 Å². The summed E-state index contributed by atoms with van der Waals surface area (Å²) in [5.74, 6) is 0.973. The average Bonchev–Trinajstić information content (AvgIpc) is 3.00. The van der Waals surface area contributed by atoms with Crippen molar-refractivity contribution in [2.45, 2.75) is 58.0 Å². The fraction of sp³-hybridized carbons (Fsp3) is 0.750. The van der Waals surface area contributed by atoms with Gasteiger partial charge in [0.05, 0.1) is 6.26 Å². The van der Waals surface area contributed by atoms with Gasteiger partial charge in [-0.15, -0.1) is 0 Å². The van der Waals surface area contributed by atoms with E-state index in [2.05, 4.69) is 10.3 Å². The maximum atomic E-state index is 12.0. The number of carbonyl (C=O) groups is 1. The predicted octanol–water partition coefficient (Wildman–Crippen LogP) is 1.16. The van der Waals surface area contributed by atoms with Crippen molar-refractivity contribution in [2.75, 3.05) is 19.3 Å². The highest BCUT2D eigenvalue weighted by Crippen LogP contribution is 2.21. The standard InChI is InChI=1S/C16H28N4O3S/c1-3-15-17-10-13-19(15)12-8-16(21)18-9-7-14-6-4-5-11-20(14)24(2,22)23/h10,13-14H,3-9,11-12H2,1-2H3,(H,18,21)/t14-/m0/s1. The largest absolute Gasteiger partial charge is 0.356 e. The van der Waals surface area contributed by atoms with Crippen LogP contribution in [-0.2, 0) is 27.8 Å². The van der Waals surface area contributed by atoms with E-state index >= 15 is 0 Å². The van der Waals surface area contributed by atoms with Crippen molar-refractivity contribution in [1.82, 2.24) is 19.2 Å². The molecule has 0 spiro atoms. The van der Waals surface area contributed by atoms with Gasteiger partial charge in [-0.3, -0.25) is 4.79 Å². The zero-order valence-electron chi connectivity index (χ0n) is 14.6. The summed E-state index contributed by atoms with van der Waals surface area (Å²) < 4.78 is 27.2. The topological polar surface area (TPSA) is 84.3 Å². The molecule has 1 atom stereocenters. The number of imidazole rings is 1. The lowest BCUT2D eigenvalue weighted by Crippen LogP contribution is -2.44. The van der Waals surface area contributed by atoms with Crippen LogP contribution in [-0.4, -0.2) is 53.6 Å². The average molecular weight is 356 g/mol. The lowest BCUT2D eigenvalue weighted by atomic mass is 10.0. The summed E-state index contributed by atoms with van der Waals surface area (Å²) in [4.78, 5) is 16.2. The van der Waals surface area contributed by atoms with Crippen LogP contribution in [0.25, 0.3) is 0 Å². The molecule has 24 heavy (non-hydrogen) atoms. The molecule has 136 valence electrons. The number of nitrogens with one attached hydrogen (secondary N) is 1. The molecule has 7 nitrogen and oxygen atoms in total. The number of amides is 1. The maximum Gasteiger partial charge on any atom is 0.221 e. The molecular weight excluding hydrogens is 328 g/mol. The zero-order chi connectivity index (χ0) is 17.6. The van der Waals surface area contributed by atoms with Gasteiger partial charge < -0.3 is 9.88 Å². The first kappa shape index (κ1) is 18.9. The molecule has 0 aromatic carbocycles. The number of carbonyl (C=O) groups excluding carboxylic acids is 1. The van der Waals surface area contributed by atoms with Gasteiger partial charge in [-0.1, -0.05) is 13.3 Å². The minimum Gasteiger partial charge on any atom is -0.356 e. The highest BCUT2D eigenvalue weighted by atomic mass is 32.2. The molecule has 1 saturated heterocycles. The fourth-order valence-corrected chi connectivity index (χ4v) is 4.46. The quantitative estimate of drug-likeness (QED) is 0.757. The van der Waals surface area contributed by atoms with Gasteiger partial charge >= 0.3 is 0 Å². The van der Waals surface area contributed by atoms with E-state index in [0.717, 1.165) is 31.5 Å². The predicted molar refractivity (Wildman–Crippen MR) is 93.0 cm³/mol. The van der Waals surface area contributed by atoms with Crippen LogP contribution in [0.1, 0.15) is 44.9 Å². The summed E-state index contributed by atoms with van der Waals surface area (Å²) >= 11 is 0. The van der Waals surface area contributed by atoms with Crippen LogP contribution in [0.4, 0.5) is 0 Å². The Bertz CT molecular complexity index is 642. The normalized spacial score (nSPS) is 19.3. The van der Waals surface area contributed by atoms with Gasteiger partial charge in [-0.2, -0.15) is 4.31 Å². The highest BCUT2D eigenvalue weighted by Gasteiger charge is 2.28. The van der Waals surface area contributed by atoms with E-state index < -0.39 is 10.0 Å². The summed E-state index contributed by atoms with van der Waals surface area (Å²) in [6, 6.07) is 0.00870. The van der Waals surface area contributed by atoms with Crippen molar-refractivity contribution in [3.63, 3.8) is 0 Å². The maximum absolute atomic E-state index is 12.0. The molecule has 0 aliphatic carbocycles. The Morgan fingerprint density at radius 1 is 1.42 bits per heavy atom. The molecule has 1 aliphatic heterocycles. The molecule has 0 saturated carbocycles. The Morgan fingerprint density at radius 3 is 2.92 bits per heavy atom. The Hall–Kier alpha value is -1.41. The number of sulfonamides is 1. The van der Waals surface area contributed by atoms with Crippen molar-refractivity contribution in [3.8, 4) is 0 Å². The van der Waals surface area contributed by atoms with E-state index in [1.807, 2.05) is 17.7 Å². The SMILES string of the molecule is CCc1nccn1CCC(=O)NCC[C@@H]1CCCCN1S(C)(=O)=O.